The SMILES string of the molecule is COC(CNC(=O)N(C)CC1CC1)CC(=O)O. The van der Waals surface area contributed by atoms with E-state index in [1.165, 1.54) is 20.0 Å². The first-order valence-electron chi connectivity index (χ1n) is 5.76. The largest absolute Gasteiger partial charge is 0.481 e. The topological polar surface area (TPSA) is 78.9 Å². The first kappa shape index (κ1) is 13.8. The molecule has 1 aliphatic carbocycles. The Morgan fingerprint density at radius 2 is 2.18 bits per heavy atom. The molecule has 98 valence electrons. The zero-order valence-electron chi connectivity index (χ0n) is 10.3. The van der Waals surface area contributed by atoms with Crippen LogP contribution in [0.5, 0.6) is 0 Å². The molecule has 0 aromatic rings. The molecule has 1 atom stereocenters. The maximum atomic E-state index is 11.6. The molecule has 1 unspecified atom stereocenters. The quantitative estimate of drug-likeness (QED) is 0.684. The lowest BCUT2D eigenvalue weighted by atomic mass is 10.2. The maximum Gasteiger partial charge on any atom is 0.317 e. The zero-order valence-corrected chi connectivity index (χ0v) is 10.3. The fourth-order valence-corrected chi connectivity index (χ4v) is 1.54. The summed E-state index contributed by atoms with van der Waals surface area (Å²) in [7, 11) is 3.18. The Balaban J connectivity index is 2.21. The predicted octanol–water partition coefficient (Wildman–Crippen LogP) is 0.527. The second-order valence-electron chi connectivity index (χ2n) is 4.47. The van der Waals surface area contributed by atoms with Crippen LogP contribution in [0.4, 0.5) is 4.79 Å². The molecule has 2 amide bonds. The van der Waals surface area contributed by atoms with Crippen LogP contribution in [0.1, 0.15) is 19.3 Å². The van der Waals surface area contributed by atoms with Gasteiger partial charge in [-0.2, -0.15) is 0 Å². The maximum absolute atomic E-state index is 11.6. The van der Waals surface area contributed by atoms with Gasteiger partial charge in [0.25, 0.3) is 0 Å². The van der Waals surface area contributed by atoms with E-state index in [4.69, 9.17) is 9.84 Å². The van der Waals surface area contributed by atoms with E-state index in [2.05, 4.69) is 5.32 Å². The van der Waals surface area contributed by atoms with Gasteiger partial charge in [-0.05, 0) is 18.8 Å². The van der Waals surface area contributed by atoms with Crippen molar-refractivity contribution in [1.82, 2.24) is 10.2 Å². The molecule has 0 spiro atoms. The number of carboxylic acid groups (broad SMARTS) is 1. The molecular formula is C11H20N2O4. The Hall–Kier alpha value is -1.30. The van der Waals surface area contributed by atoms with Crippen molar-refractivity contribution in [3.8, 4) is 0 Å². The Morgan fingerprint density at radius 3 is 2.65 bits per heavy atom. The summed E-state index contributed by atoms with van der Waals surface area (Å²) in [6.45, 7) is 0.985. The zero-order chi connectivity index (χ0) is 12.8. The number of hydrogen-bond donors (Lipinski definition) is 2. The van der Waals surface area contributed by atoms with Crippen LogP contribution in [0, 0.1) is 5.92 Å². The van der Waals surface area contributed by atoms with Crippen molar-refractivity contribution >= 4 is 12.0 Å². The summed E-state index contributed by atoms with van der Waals surface area (Å²) in [4.78, 5) is 23.8. The normalized spacial score (nSPS) is 16.4. The van der Waals surface area contributed by atoms with Crippen LogP contribution in [0.3, 0.4) is 0 Å². The van der Waals surface area contributed by atoms with Gasteiger partial charge in [0.05, 0.1) is 12.5 Å². The Morgan fingerprint density at radius 1 is 1.53 bits per heavy atom. The summed E-state index contributed by atoms with van der Waals surface area (Å²) in [6, 6.07) is -0.177. The van der Waals surface area contributed by atoms with E-state index in [0.717, 1.165) is 6.54 Å². The van der Waals surface area contributed by atoms with Crippen molar-refractivity contribution in [2.75, 3.05) is 27.2 Å². The van der Waals surface area contributed by atoms with Crippen molar-refractivity contribution in [3.63, 3.8) is 0 Å². The minimum absolute atomic E-state index is 0.108. The molecule has 0 radical (unpaired) electrons. The molecule has 17 heavy (non-hydrogen) atoms. The number of carbonyl (C=O) groups excluding carboxylic acids is 1. The molecule has 0 bridgehead atoms. The standard InChI is InChI=1S/C11H20N2O4/c1-13(7-8-3-4-8)11(16)12-6-9(17-2)5-10(14)15/h8-9H,3-7H2,1-2H3,(H,12,16)(H,14,15). The van der Waals surface area contributed by atoms with Gasteiger partial charge in [0.1, 0.15) is 0 Å². The number of rotatable bonds is 7. The van der Waals surface area contributed by atoms with Crippen LogP contribution in [0.15, 0.2) is 0 Å². The number of urea groups is 1. The van der Waals surface area contributed by atoms with Crippen LogP contribution < -0.4 is 5.32 Å². The van der Waals surface area contributed by atoms with E-state index >= 15 is 0 Å². The van der Waals surface area contributed by atoms with Crippen LogP contribution in [0.2, 0.25) is 0 Å². The lowest BCUT2D eigenvalue weighted by molar-refractivity contribution is -0.139. The summed E-state index contributed by atoms with van der Waals surface area (Å²) in [6.07, 6.45) is 1.79. The van der Waals surface area contributed by atoms with Crippen molar-refractivity contribution < 1.29 is 19.4 Å². The highest BCUT2D eigenvalue weighted by molar-refractivity contribution is 5.74. The highest BCUT2D eigenvalue weighted by atomic mass is 16.5. The van der Waals surface area contributed by atoms with Gasteiger partial charge >= 0.3 is 12.0 Å². The Kier molecular flexibility index (Phi) is 5.21. The second-order valence-corrected chi connectivity index (χ2v) is 4.47. The van der Waals surface area contributed by atoms with Gasteiger partial charge in [0.15, 0.2) is 0 Å². The van der Waals surface area contributed by atoms with Gasteiger partial charge in [0.2, 0.25) is 0 Å². The summed E-state index contributed by atoms with van der Waals surface area (Å²) >= 11 is 0. The molecule has 6 heteroatoms. The average molecular weight is 244 g/mol. The van der Waals surface area contributed by atoms with Gasteiger partial charge in [-0.1, -0.05) is 0 Å². The first-order chi connectivity index (χ1) is 8.02. The molecule has 1 fully saturated rings. The van der Waals surface area contributed by atoms with E-state index in [0.29, 0.717) is 5.92 Å². The van der Waals surface area contributed by atoms with E-state index < -0.39 is 12.1 Å². The van der Waals surface area contributed by atoms with Crippen LogP contribution >= 0.6 is 0 Å². The van der Waals surface area contributed by atoms with Crippen molar-refractivity contribution in [1.29, 1.82) is 0 Å². The van der Waals surface area contributed by atoms with Crippen LogP contribution in [-0.2, 0) is 9.53 Å². The monoisotopic (exact) mass is 244 g/mol. The number of carboxylic acids is 1. The number of hydrogen-bond acceptors (Lipinski definition) is 3. The molecular weight excluding hydrogens is 224 g/mol. The van der Waals surface area contributed by atoms with Crippen molar-refractivity contribution in [2.24, 2.45) is 5.92 Å². The molecule has 1 aliphatic rings. The van der Waals surface area contributed by atoms with Crippen LogP contribution in [-0.4, -0.2) is 55.4 Å². The van der Waals surface area contributed by atoms with Gasteiger partial charge in [-0.25, -0.2) is 4.79 Å². The smallest absolute Gasteiger partial charge is 0.317 e. The predicted molar refractivity (Wildman–Crippen MR) is 61.8 cm³/mol. The molecule has 1 saturated carbocycles. The molecule has 6 nitrogen and oxygen atoms in total. The number of methoxy groups -OCH3 is 1. The van der Waals surface area contributed by atoms with E-state index in [1.807, 2.05) is 0 Å². The van der Waals surface area contributed by atoms with E-state index in [9.17, 15) is 9.59 Å². The molecule has 1 rings (SSSR count). The first-order valence-corrected chi connectivity index (χ1v) is 5.76. The fraction of sp³-hybridized carbons (Fsp3) is 0.818. The molecule has 0 aromatic carbocycles. The highest BCUT2D eigenvalue weighted by Crippen LogP contribution is 2.29. The number of amides is 2. The molecule has 0 saturated heterocycles. The van der Waals surface area contributed by atoms with Gasteiger partial charge in [-0.15, -0.1) is 0 Å². The molecule has 0 heterocycles. The van der Waals surface area contributed by atoms with Crippen molar-refractivity contribution in [3.05, 3.63) is 0 Å². The lowest BCUT2D eigenvalue weighted by Crippen LogP contribution is -2.42. The highest BCUT2D eigenvalue weighted by Gasteiger charge is 2.25. The third-order valence-electron chi connectivity index (χ3n) is 2.79. The molecule has 0 aromatic heterocycles. The fourth-order valence-electron chi connectivity index (χ4n) is 1.54. The minimum atomic E-state index is -0.933. The number of carbonyl (C=O) groups is 2. The van der Waals surface area contributed by atoms with Gasteiger partial charge < -0.3 is 20.1 Å². The number of nitrogens with one attached hydrogen (secondary N) is 1. The molecule has 0 aliphatic heterocycles. The van der Waals surface area contributed by atoms with Gasteiger partial charge in [0, 0.05) is 27.2 Å². The number of nitrogens with zero attached hydrogens (tertiary/aromatic N) is 1. The second kappa shape index (κ2) is 6.44. The third-order valence-corrected chi connectivity index (χ3v) is 2.79. The number of ether oxygens (including phenoxy) is 1. The summed E-state index contributed by atoms with van der Waals surface area (Å²) in [5.41, 5.74) is 0. The Labute approximate surface area is 101 Å². The summed E-state index contributed by atoms with van der Waals surface area (Å²) in [5.74, 6) is -0.291. The number of aliphatic carboxylic acids is 1. The average Bonchev–Trinajstić information content (AvgIpc) is 3.06. The Bertz CT molecular complexity index is 279. The van der Waals surface area contributed by atoms with E-state index in [1.54, 1.807) is 11.9 Å². The van der Waals surface area contributed by atoms with E-state index in [-0.39, 0.29) is 19.0 Å². The minimum Gasteiger partial charge on any atom is -0.481 e. The summed E-state index contributed by atoms with van der Waals surface area (Å²) in [5, 5.41) is 11.3. The van der Waals surface area contributed by atoms with Gasteiger partial charge in [-0.3, -0.25) is 4.79 Å². The summed E-state index contributed by atoms with van der Waals surface area (Å²) < 4.78 is 4.97. The van der Waals surface area contributed by atoms with Crippen molar-refractivity contribution in [2.45, 2.75) is 25.4 Å². The van der Waals surface area contributed by atoms with Crippen LogP contribution in [0.25, 0.3) is 0 Å². The molecule has 2 N–H and O–H groups in total. The lowest BCUT2D eigenvalue weighted by Gasteiger charge is -2.20. The third kappa shape index (κ3) is 5.53.